The van der Waals surface area contributed by atoms with E-state index in [9.17, 15) is 9.90 Å². The lowest BCUT2D eigenvalue weighted by molar-refractivity contribution is -0.130. The number of rotatable bonds is 5. The van der Waals surface area contributed by atoms with Crippen molar-refractivity contribution in [1.82, 2.24) is 9.97 Å². The number of nitrogens with zero attached hydrogens (tertiary/aromatic N) is 2. The average Bonchev–Trinajstić information content (AvgIpc) is 2.48. The van der Waals surface area contributed by atoms with Crippen molar-refractivity contribution in [3.8, 4) is 11.6 Å². The lowest BCUT2D eigenvalue weighted by atomic mass is 10.0. The molecule has 0 saturated carbocycles. The van der Waals surface area contributed by atoms with Crippen molar-refractivity contribution in [2.45, 2.75) is 6.92 Å². The van der Waals surface area contributed by atoms with Crippen LogP contribution in [0.1, 0.15) is 12.5 Å². The Morgan fingerprint density at radius 3 is 2.64 bits per heavy atom. The van der Waals surface area contributed by atoms with Crippen molar-refractivity contribution in [3.05, 3.63) is 53.1 Å². The number of para-hydroxylation sites is 1. The molecule has 7 heteroatoms. The number of hydrogen-bond acceptors (Lipinski definition) is 5. The van der Waals surface area contributed by atoms with Crippen molar-refractivity contribution in [3.63, 3.8) is 0 Å². The lowest BCUT2D eigenvalue weighted by Gasteiger charge is -2.13. The second-order valence-electron chi connectivity index (χ2n) is 4.22. The Kier molecular flexibility index (Phi) is 4.95. The molecule has 6 nitrogen and oxygen atoms in total. The van der Waals surface area contributed by atoms with Gasteiger partial charge in [0, 0.05) is 11.6 Å². The van der Waals surface area contributed by atoms with Crippen molar-refractivity contribution in [1.29, 1.82) is 0 Å². The summed E-state index contributed by atoms with van der Waals surface area (Å²) >= 11 is 5.78. The second-order valence-corrected chi connectivity index (χ2v) is 4.60. The zero-order valence-electron chi connectivity index (χ0n) is 11.9. The standard InChI is InChI=1S/C15H13ClN2O4/c1-9(21-2)14(15(19)20)10-5-3-4-6-11(10)22-13-7-12(16)17-8-18-13/h3-8H,1-2H3,(H,19,20)/b14-9+. The van der Waals surface area contributed by atoms with Crippen LogP contribution in [0, 0.1) is 0 Å². The monoisotopic (exact) mass is 320 g/mol. The van der Waals surface area contributed by atoms with E-state index in [-0.39, 0.29) is 22.4 Å². The second kappa shape index (κ2) is 6.91. The summed E-state index contributed by atoms with van der Waals surface area (Å²) in [6, 6.07) is 8.14. The van der Waals surface area contributed by atoms with Crippen LogP contribution in [-0.4, -0.2) is 28.2 Å². The largest absolute Gasteiger partial charge is 0.500 e. The number of ether oxygens (including phenoxy) is 2. The van der Waals surface area contributed by atoms with Crippen LogP contribution in [0.2, 0.25) is 5.15 Å². The molecule has 0 aliphatic carbocycles. The minimum Gasteiger partial charge on any atom is -0.500 e. The van der Waals surface area contributed by atoms with Gasteiger partial charge in [-0.2, -0.15) is 0 Å². The molecular formula is C15H13ClN2O4. The SMILES string of the molecule is CO/C(C)=C(/C(=O)O)c1ccccc1Oc1cc(Cl)ncn1. The van der Waals surface area contributed by atoms with Crippen LogP contribution >= 0.6 is 11.6 Å². The molecule has 1 N–H and O–H groups in total. The molecule has 0 aliphatic rings. The quantitative estimate of drug-likeness (QED) is 0.516. The summed E-state index contributed by atoms with van der Waals surface area (Å²) in [5.74, 6) is -0.307. The van der Waals surface area contributed by atoms with E-state index >= 15 is 0 Å². The van der Waals surface area contributed by atoms with Gasteiger partial charge < -0.3 is 14.6 Å². The summed E-state index contributed by atoms with van der Waals surface area (Å²) in [5.41, 5.74) is 0.391. The molecule has 1 aromatic carbocycles. The van der Waals surface area contributed by atoms with Gasteiger partial charge >= 0.3 is 5.97 Å². The first-order valence-corrected chi connectivity index (χ1v) is 6.63. The van der Waals surface area contributed by atoms with Crippen LogP contribution < -0.4 is 4.74 Å². The van der Waals surface area contributed by atoms with E-state index in [2.05, 4.69) is 9.97 Å². The molecule has 22 heavy (non-hydrogen) atoms. The molecule has 2 rings (SSSR count). The molecule has 0 fully saturated rings. The summed E-state index contributed by atoms with van der Waals surface area (Å²) in [5, 5.41) is 9.65. The van der Waals surface area contributed by atoms with Gasteiger partial charge in [-0.3, -0.25) is 0 Å². The molecule has 0 radical (unpaired) electrons. The van der Waals surface area contributed by atoms with Gasteiger partial charge in [-0.25, -0.2) is 14.8 Å². The van der Waals surface area contributed by atoms with E-state index in [0.717, 1.165) is 0 Å². The predicted octanol–water partition coefficient (Wildman–Crippen LogP) is 3.38. The van der Waals surface area contributed by atoms with Crippen LogP contribution in [0.3, 0.4) is 0 Å². The number of halogens is 1. The van der Waals surface area contributed by atoms with Crippen LogP contribution in [-0.2, 0) is 9.53 Å². The predicted molar refractivity (Wildman–Crippen MR) is 80.8 cm³/mol. The minimum atomic E-state index is -1.11. The van der Waals surface area contributed by atoms with E-state index in [1.54, 1.807) is 31.2 Å². The van der Waals surface area contributed by atoms with E-state index in [1.807, 2.05) is 0 Å². The first kappa shape index (κ1) is 15.8. The summed E-state index contributed by atoms with van der Waals surface area (Å²) in [6.07, 6.45) is 1.26. The first-order chi connectivity index (χ1) is 10.5. The van der Waals surface area contributed by atoms with Crippen LogP contribution in [0.4, 0.5) is 0 Å². The van der Waals surface area contributed by atoms with Gasteiger partial charge in [0.1, 0.15) is 28.6 Å². The number of allylic oxidation sites excluding steroid dienone is 1. The van der Waals surface area contributed by atoms with Gasteiger partial charge in [0.25, 0.3) is 0 Å². The minimum absolute atomic E-state index is 0.0123. The van der Waals surface area contributed by atoms with E-state index in [0.29, 0.717) is 11.3 Å². The molecule has 0 amide bonds. The number of benzene rings is 1. The fraction of sp³-hybridized carbons (Fsp3) is 0.133. The maximum atomic E-state index is 11.5. The smallest absolute Gasteiger partial charge is 0.339 e. The third-order valence-electron chi connectivity index (χ3n) is 2.85. The Labute approximate surface area is 132 Å². The maximum Gasteiger partial charge on any atom is 0.339 e. The molecule has 0 saturated heterocycles. The number of methoxy groups -OCH3 is 1. The molecule has 0 aliphatic heterocycles. The van der Waals surface area contributed by atoms with Gasteiger partial charge in [-0.05, 0) is 13.0 Å². The van der Waals surface area contributed by atoms with Gasteiger partial charge in [0.15, 0.2) is 0 Å². The lowest BCUT2D eigenvalue weighted by Crippen LogP contribution is -2.05. The molecular weight excluding hydrogens is 308 g/mol. The Balaban J connectivity index is 2.49. The summed E-state index contributed by atoms with van der Waals surface area (Å²) in [7, 11) is 1.41. The number of carbonyl (C=O) groups is 1. The molecule has 114 valence electrons. The maximum absolute atomic E-state index is 11.5. The third-order valence-corrected chi connectivity index (χ3v) is 3.06. The van der Waals surface area contributed by atoms with Gasteiger partial charge in [0.05, 0.1) is 7.11 Å². The topological polar surface area (TPSA) is 81.5 Å². The first-order valence-electron chi connectivity index (χ1n) is 6.26. The molecule has 1 heterocycles. The van der Waals surface area contributed by atoms with Crippen molar-refractivity contribution < 1.29 is 19.4 Å². The highest BCUT2D eigenvalue weighted by atomic mass is 35.5. The molecule has 0 bridgehead atoms. The number of aliphatic carboxylic acids is 1. The zero-order chi connectivity index (χ0) is 16.1. The summed E-state index contributed by atoms with van der Waals surface area (Å²) < 4.78 is 10.7. The molecule has 0 unspecified atom stereocenters. The molecule has 0 spiro atoms. The zero-order valence-corrected chi connectivity index (χ0v) is 12.7. The summed E-state index contributed by atoms with van der Waals surface area (Å²) in [4.78, 5) is 19.2. The Bertz CT molecular complexity index is 731. The molecule has 2 aromatic rings. The Morgan fingerprint density at radius 1 is 1.27 bits per heavy atom. The van der Waals surface area contributed by atoms with Crippen molar-refractivity contribution in [2.75, 3.05) is 7.11 Å². The number of carboxylic acid groups (broad SMARTS) is 1. The van der Waals surface area contributed by atoms with Gasteiger partial charge in [0.2, 0.25) is 5.88 Å². The molecule has 1 aromatic heterocycles. The Hall–Kier alpha value is -2.60. The van der Waals surface area contributed by atoms with Crippen molar-refractivity contribution in [2.24, 2.45) is 0 Å². The van der Waals surface area contributed by atoms with Crippen LogP contribution in [0.5, 0.6) is 11.6 Å². The highest BCUT2D eigenvalue weighted by Gasteiger charge is 2.19. The van der Waals surface area contributed by atoms with Gasteiger partial charge in [-0.15, -0.1) is 0 Å². The summed E-state index contributed by atoms with van der Waals surface area (Å²) in [6.45, 7) is 1.57. The number of hydrogen-bond donors (Lipinski definition) is 1. The molecule has 0 atom stereocenters. The Morgan fingerprint density at radius 2 is 2.00 bits per heavy atom. The fourth-order valence-corrected chi connectivity index (χ4v) is 1.94. The third kappa shape index (κ3) is 3.53. The highest BCUT2D eigenvalue weighted by molar-refractivity contribution is 6.29. The van der Waals surface area contributed by atoms with Crippen LogP contribution in [0.15, 0.2) is 42.4 Å². The van der Waals surface area contributed by atoms with E-state index in [1.165, 1.54) is 19.5 Å². The fourth-order valence-electron chi connectivity index (χ4n) is 1.81. The van der Waals surface area contributed by atoms with Gasteiger partial charge in [-0.1, -0.05) is 29.8 Å². The number of carboxylic acids is 1. The van der Waals surface area contributed by atoms with Crippen molar-refractivity contribution >= 4 is 23.1 Å². The number of aromatic nitrogens is 2. The van der Waals surface area contributed by atoms with E-state index in [4.69, 9.17) is 21.1 Å². The van der Waals surface area contributed by atoms with Crippen LogP contribution in [0.25, 0.3) is 5.57 Å². The van der Waals surface area contributed by atoms with E-state index < -0.39 is 5.97 Å². The normalized spacial score (nSPS) is 11.6. The highest BCUT2D eigenvalue weighted by Crippen LogP contribution is 2.31. The average molecular weight is 321 g/mol.